The number of hydrogen-bond donors (Lipinski definition) is 0. The van der Waals surface area contributed by atoms with Crippen molar-refractivity contribution in [1.29, 1.82) is 0 Å². The second-order valence-electron chi connectivity index (χ2n) is 12.4. The summed E-state index contributed by atoms with van der Waals surface area (Å²) >= 11 is 0. The fourth-order valence-corrected chi connectivity index (χ4v) is 7.11. The molecule has 0 saturated heterocycles. The van der Waals surface area contributed by atoms with Crippen molar-refractivity contribution in [2.75, 3.05) is 6.61 Å². The minimum atomic E-state index is -4.79. The molecule has 1 aromatic rings. The summed E-state index contributed by atoms with van der Waals surface area (Å²) in [5.41, 5.74) is 3.02. The molecule has 0 radical (unpaired) electrons. The highest BCUT2D eigenvalue weighted by Crippen LogP contribution is 2.58. The molecule has 43 heavy (non-hydrogen) atoms. The van der Waals surface area contributed by atoms with Crippen LogP contribution in [0.25, 0.3) is 6.08 Å². The predicted molar refractivity (Wildman–Crippen MR) is 159 cm³/mol. The van der Waals surface area contributed by atoms with E-state index in [0.29, 0.717) is 28.9 Å². The normalized spacial score (nSPS) is 29.7. The fourth-order valence-electron chi connectivity index (χ4n) is 7.11. The van der Waals surface area contributed by atoms with Gasteiger partial charge in [0.25, 0.3) is 0 Å². The first kappa shape index (κ1) is 32.2. The molecule has 5 nitrogen and oxygen atoms in total. The van der Waals surface area contributed by atoms with Crippen molar-refractivity contribution < 1.29 is 37.0 Å². The molecule has 4 rings (SSSR count). The van der Waals surface area contributed by atoms with Gasteiger partial charge in [0.1, 0.15) is 18.6 Å². The number of allylic oxidation sites excluding steroid dienone is 7. The van der Waals surface area contributed by atoms with Gasteiger partial charge in [-0.15, -0.1) is 13.2 Å². The largest absolute Gasteiger partial charge is 0.573 e. The van der Waals surface area contributed by atoms with Gasteiger partial charge in [0.05, 0.1) is 5.92 Å². The first-order valence-electron chi connectivity index (χ1n) is 14.7. The molecule has 0 bridgehead atoms. The van der Waals surface area contributed by atoms with Crippen molar-refractivity contribution in [3.63, 3.8) is 0 Å². The molecule has 0 amide bonds. The first-order valence-corrected chi connectivity index (χ1v) is 14.7. The van der Waals surface area contributed by atoms with Crippen LogP contribution < -0.4 is 4.74 Å². The molecule has 0 spiro atoms. The van der Waals surface area contributed by atoms with Gasteiger partial charge >= 0.3 is 12.3 Å². The van der Waals surface area contributed by atoms with Crippen LogP contribution in [-0.4, -0.2) is 31.0 Å². The molecule has 3 aliphatic carbocycles. The number of ether oxygens (including phenoxy) is 2. The lowest BCUT2D eigenvalue weighted by molar-refractivity contribution is -0.274. The van der Waals surface area contributed by atoms with Crippen LogP contribution in [0.5, 0.6) is 5.75 Å². The number of esters is 1. The number of benzene rings is 1. The Kier molecular flexibility index (Phi) is 9.98. The number of hydrogen-bond acceptors (Lipinski definition) is 5. The molecule has 0 heterocycles. The monoisotopic (exact) mass is 596 g/mol. The zero-order chi connectivity index (χ0) is 31.4. The maximum atomic E-state index is 12.7. The summed E-state index contributed by atoms with van der Waals surface area (Å²) in [5.74, 6) is -0.00342. The van der Waals surface area contributed by atoms with Crippen LogP contribution in [0.15, 0.2) is 77.4 Å². The Labute approximate surface area is 251 Å². The zero-order valence-electron chi connectivity index (χ0n) is 25.0. The van der Waals surface area contributed by atoms with E-state index in [0.717, 1.165) is 49.2 Å². The van der Waals surface area contributed by atoms with E-state index in [2.05, 4.69) is 24.7 Å². The highest BCUT2D eigenvalue weighted by molar-refractivity contribution is 6.01. The van der Waals surface area contributed by atoms with Crippen molar-refractivity contribution in [3.8, 4) is 5.75 Å². The molecular formula is C35H39F3O5. The van der Waals surface area contributed by atoms with E-state index in [-0.39, 0.29) is 35.4 Å². The van der Waals surface area contributed by atoms with Crippen molar-refractivity contribution in [3.05, 3.63) is 83.0 Å². The van der Waals surface area contributed by atoms with E-state index in [1.54, 1.807) is 12.1 Å². The Morgan fingerprint density at radius 1 is 1.26 bits per heavy atom. The highest BCUT2D eigenvalue weighted by Gasteiger charge is 2.50. The smallest absolute Gasteiger partial charge is 0.458 e. The Bertz CT molecular complexity index is 1380. The summed E-state index contributed by atoms with van der Waals surface area (Å²) in [7, 11) is 0. The Hall–Kier alpha value is -3.68. The average Bonchev–Trinajstić information content (AvgIpc) is 3.39. The summed E-state index contributed by atoms with van der Waals surface area (Å²) in [6, 6.07) is 5.32. The molecule has 230 valence electrons. The third-order valence-corrected chi connectivity index (χ3v) is 9.33. The van der Waals surface area contributed by atoms with E-state index in [4.69, 9.17) is 4.74 Å². The van der Waals surface area contributed by atoms with Gasteiger partial charge in [0.2, 0.25) is 0 Å². The standard InChI is InChI=1S/C35H39F3O5/c1-22(21-42-32(41)14-11-25-9-6-10-27(18-25)43-35(36,37)38)7-5-8-23(2)28-15-16-34(4)19-29-24(3)17-31(40)33(29)26(20-39)12-13-30(28)34/h5-12,14,17-18,20,23,28-30,33H,13,15-16,19,21H2,1-4H3/b8-5-,14-11+,22-7-,26-12-/t23-,28+,29+,30-,33-,34+/m0/s1. The minimum absolute atomic E-state index is 0.0577. The number of halogens is 3. The van der Waals surface area contributed by atoms with Gasteiger partial charge in [-0.25, -0.2) is 4.79 Å². The SMILES string of the molecule is CC1=CC(=O)[C@H]2/C(C=O)=C\C[C@H]3[C@@H]([C@@H](C)/C=C\C=C(\C)COC(=O)/C=C/c4cccc(OC(F)(F)F)c4)CC[C@]3(C)C[C@H]12. The molecule has 8 heteroatoms. The van der Waals surface area contributed by atoms with E-state index >= 15 is 0 Å². The first-order chi connectivity index (χ1) is 20.3. The van der Waals surface area contributed by atoms with Crippen LogP contribution in [-0.2, 0) is 19.1 Å². The van der Waals surface area contributed by atoms with Crippen LogP contribution >= 0.6 is 0 Å². The lowest BCUT2D eigenvalue weighted by atomic mass is 9.63. The molecule has 1 aromatic carbocycles. The van der Waals surface area contributed by atoms with Gasteiger partial charge in [-0.3, -0.25) is 9.59 Å². The van der Waals surface area contributed by atoms with Crippen LogP contribution in [0, 0.1) is 35.0 Å². The number of rotatable bonds is 9. The second kappa shape index (κ2) is 13.3. The lowest BCUT2D eigenvalue weighted by Crippen LogP contribution is -2.34. The number of carbonyl (C=O) groups excluding carboxylic acids is 3. The summed E-state index contributed by atoms with van der Waals surface area (Å²) in [5, 5.41) is 0. The van der Waals surface area contributed by atoms with E-state index < -0.39 is 12.3 Å². The van der Waals surface area contributed by atoms with E-state index in [1.807, 2.05) is 32.1 Å². The fraction of sp³-hybridized carbons (Fsp3) is 0.457. The number of ketones is 1. The zero-order valence-corrected chi connectivity index (χ0v) is 25.0. The van der Waals surface area contributed by atoms with Gasteiger partial charge in [-0.05, 0) is 110 Å². The third-order valence-electron chi connectivity index (χ3n) is 9.33. The van der Waals surface area contributed by atoms with Crippen molar-refractivity contribution >= 4 is 24.1 Å². The number of aldehydes is 1. The maximum absolute atomic E-state index is 12.7. The maximum Gasteiger partial charge on any atom is 0.573 e. The molecule has 1 fully saturated rings. The summed E-state index contributed by atoms with van der Waals surface area (Å²) in [4.78, 5) is 36.7. The topological polar surface area (TPSA) is 69.7 Å². The minimum Gasteiger partial charge on any atom is -0.458 e. The van der Waals surface area contributed by atoms with Gasteiger partial charge in [-0.2, -0.15) is 0 Å². The van der Waals surface area contributed by atoms with Crippen LogP contribution in [0.2, 0.25) is 0 Å². The van der Waals surface area contributed by atoms with Crippen molar-refractivity contribution in [2.45, 2.75) is 59.7 Å². The van der Waals surface area contributed by atoms with Gasteiger partial charge in [0.15, 0.2) is 5.78 Å². The summed E-state index contributed by atoms with van der Waals surface area (Å²) in [6.45, 7) is 8.51. The highest BCUT2D eigenvalue weighted by atomic mass is 19.4. The van der Waals surface area contributed by atoms with Crippen LogP contribution in [0.3, 0.4) is 0 Å². The van der Waals surface area contributed by atoms with E-state index in [1.165, 1.54) is 24.3 Å². The Morgan fingerprint density at radius 3 is 2.74 bits per heavy atom. The molecule has 0 N–H and O–H groups in total. The number of fused-ring (bicyclic) bond motifs is 2. The lowest BCUT2D eigenvalue weighted by Gasteiger charge is -2.40. The van der Waals surface area contributed by atoms with Gasteiger partial charge in [-0.1, -0.05) is 55.9 Å². The van der Waals surface area contributed by atoms with E-state index in [9.17, 15) is 27.6 Å². The third kappa shape index (κ3) is 8.03. The molecule has 1 saturated carbocycles. The quantitative estimate of drug-likeness (QED) is 0.125. The number of carbonyl (C=O) groups is 3. The average molecular weight is 597 g/mol. The van der Waals surface area contributed by atoms with Gasteiger partial charge in [0, 0.05) is 6.08 Å². The molecule has 6 atom stereocenters. The van der Waals surface area contributed by atoms with Crippen molar-refractivity contribution in [2.24, 2.45) is 35.0 Å². The molecular weight excluding hydrogens is 557 g/mol. The number of alkyl halides is 3. The Balaban J connectivity index is 1.32. The predicted octanol–water partition coefficient (Wildman–Crippen LogP) is 7.99. The van der Waals surface area contributed by atoms with Crippen LogP contribution in [0.4, 0.5) is 13.2 Å². The van der Waals surface area contributed by atoms with Gasteiger partial charge < -0.3 is 9.47 Å². The second-order valence-corrected chi connectivity index (χ2v) is 12.4. The molecule has 0 unspecified atom stereocenters. The summed E-state index contributed by atoms with van der Waals surface area (Å²) in [6.07, 6.45) is 12.3. The van der Waals surface area contributed by atoms with Crippen LogP contribution in [0.1, 0.15) is 58.9 Å². The summed E-state index contributed by atoms with van der Waals surface area (Å²) < 4.78 is 46.4. The molecule has 3 aliphatic rings. The Morgan fingerprint density at radius 2 is 2.02 bits per heavy atom. The van der Waals surface area contributed by atoms with Crippen molar-refractivity contribution in [1.82, 2.24) is 0 Å². The molecule has 0 aromatic heterocycles. The molecule has 0 aliphatic heterocycles.